The fraction of sp³-hybridized carbons (Fsp3) is 0.500. The molecule has 1 aliphatic heterocycles. The highest BCUT2D eigenvalue weighted by Gasteiger charge is 2.28. The van der Waals surface area contributed by atoms with Crippen molar-refractivity contribution < 1.29 is 0 Å². The summed E-state index contributed by atoms with van der Waals surface area (Å²) in [5.74, 6) is 1.87. The maximum atomic E-state index is 2.40. The Kier molecular flexibility index (Phi) is 2.69. The van der Waals surface area contributed by atoms with Crippen LogP contribution in [0, 0.1) is 11.8 Å². The average Bonchev–Trinajstić information content (AvgIpc) is 2.49. The van der Waals surface area contributed by atoms with E-state index in [1.165, 1.54) is 12.3 Å². The molecule has 0 N–H and O–H groups in total. The molecule has 0 spiro atoms. The van der Waals surface area contributed by atoms with Crippen LogP contribution in [0.2, 0.25) is 0 Å². The summed E-state index contributed by atoms with van der Waals surface area (Å²) in [6.45, 7) is 4.80. The fourth-order valence-electron chi connectivity index (χ4n) is 1.98. The lowest BCUT2D eigenvalue weighted by atomic mass is 10.0. The van der Waals surface area contributed by atoms with Crippen molar-refractivity contribution in [1.82, 2.24) is 0 Å². The van der Waals surface area contributed by atoms with Crippen molar-refractivity contribution in [3.63, 3.8) is 0 Å². The van der Waals surface area contributed by atoms with E-state index in [9.17, 15) is 0 Å². The molecule has 13 heavy (non-hydrogen) atoms. The molecule has 1 heteroatoms. The monoisotopic (exact) mass is 192 g/mol. The van der Waals surface area contributed by atoms with E-state index in [2.05, 4.69) is 44.2 Å². The van der Waals surface area contributed by atoms with Gasteiger partial charge in [-0.15, -0.1) is 0 Å². The number of rotatable bonds is 1. The summed E-state index contributed by atoms with van der Waals surface area (Å²) in [7, 11) is 0.181. The first-order valence-corrected chi connectivity index (χ1v) is 6.78. The molecule has 1 saturated heterocycles. The van der Waals surface area contributed by atoms with Crippen molar-refractivity contribution in [3.05, 3.63) is 30.3 Å². The first-order chi connectivity index (χ1) is 6.27. The van der Waals surface area contributed by atoms with E-state index < -0.39 is 0 Å². The largest absolute Gasteiger partial charge is 0.0748 e. The molecule has 1 fully saturated rings. The quantitative estimate of drug-likeness (QED) is 0.600. The van der Waals surface area contributed by atoms with Gasteiger partial charge in [0.25, 0.3) is 0 Å². The molecule has 0 bridgehead atoms. The van der Waals surface area contributed by atoms with Gasteiger partial charge in [-0.25, -0.2) is 0 Å². The van der Waals surface area contributed by atoms with Crippen molar-refractivity contribution >= 4 is 13.2 Å². The van der Waals surface area contributed by atoms with Gasteiger partial charge in [-0.05, 0) is 29.5 Å². The third-order valence-electron chi connectivity index (χ3n) is 3.11. The predicted molar refractivity (Wildman–Crippen MR) is 61.1 cm³/mol. The zero-order valence-electron chi connectivity index (χ0n) is 8.40. The molecule has 0 nitrogen and oxygen atoms in total. The molecule has 0 saturated carbocycles. The van der Waals surface area contributed by atoms with Gasteiger partial charge in [-0.2, -0.15) is 0 Å². The normalized spacial score (nSPS) is 33.5. The maximum Gasteiger partial charge on any atom is -0.0240 e. The minimum atomic E-state index is 0.181. The van der Waals surface area contributed by atoms with Crippen molar-refractivity contribution in [2.45, 2.75) is 13.8 Å². The minimum Gasteiger partial charge on any atom is -0.0748 e. The summed E-state index contributed by atoms with van der Waals surface area (Å²) in [6.07, 6.45) is 2.89. The Balaban J connectivity index is 2.12. The SMILES string of the molecule is CC1CP(c2ccccc2)CC1C. The zero-order valence-corrected chi connectivity index (χ0v) is 9.30. The summed E-state index contributed by atoms with van der Waals surface area (Å²) >= 11 is 0. The highest BCUT2D eigenvalue weighted by molar-refractivity contribution is 7.65. The number of hydrogen-bond donors (Lipinski definition) is 0. The van der Waals surface area contributed by atoms with Crippen LogP contribution in [0.15, 0.2) is 30.3 Å². The van der Waals surface area contributed by atoms with Gasteiger partial charge in [0, 0.05) is 0 Å². The van der Waals surface area contributed by atoms with E-state index >= 15 is 0 Å². The molecular formula is C12H17P. The molecule has 1 heterocycles. The van der Waals surface area contributed by atoms with Crippen LogP contribution in [0.25, 0.3) is 0 Å². The van der Waals surface area contributed by atoms with E-state index in [1.54, 1.807) is 5.30 Å². The van der Waals surface area contributed by atoms with Crippen molar-refractivity contribution in [1.29, 1.82) is 0 Å². The Morgan fingerprint density at radius 2 is 1.54 bits per heavy atom. The molecule has 0 aromatic heterocycles. The molecule has 1 aromatic rings. The fourth-order valence-corrected chi connectivity index (χ4v) is 5.25. The lowest BCUT2D eigenvalue weighted by Crippen LogP contribution is -2.01. The molecule has 0 aliphatic carbocycles. The van der Waals surface area contributed by atoms with Crippen LogP contribution in [0.4, 0.5) is 0 Å². The Morgan fingerprint density at radius 1 is 1.00 bits per heavy atom. The first-order valence-electron chi connectivity index (χ1n) is 5.07. The lowest BCUT2D eigenvalue weighted by Gasteiger charge is -2.09. The summed E-state index contributed by atoms with van der Waals surface area (Å²) in [6, 6.07) is 11.1. The molecule has 1 aromatic carbocycles. The van der Waals surface area contributed by atoms with Crippen LogP contribution in [0.1, 0.15) is 13.8 Å². The molecule has 2 unspecified atom stereocenters. The van der Waals surface area contributed by atoms with Gasteiger partial charge in [0.2, 0.25) is 0 Å². The van der Waals surface area contributed by atoms with Gasteiger partial charge in [0.05, 0.1) is 0 Å². The standard InChI is InChI=1S/C12H17P/c1-10-8-13(9-11(10)2)12-6-4-3-5-7-12/h3-7,10-11H,8-9H2,1-2H3. The number of benzene rings is 1. The van der Waals surface area contributed by atoms with Crippen LogP contribution >= 0.6 is 7.92 Å². The van der Waals surface area contributed by atoms with E-state index in [-0.39, 0.29) is 7.92 Å². The topological polar surface area (TPSA) is 0 Å². The second-order valence-corrected chi connectivity index (χ2v) is 6.52. The van der Waals surface area contributed by atoms with Crippen molar-refractivity contribution in [2.75, 3.05) is 12.3 Å². The highest BCUT2D eigenvalue weighted by atomic mass is 31.1. The smallest absolute Gasteiger partial charge is 0.0240 e. The maximum absolute atomic E-state index is 2.40. The first kappa shape index (κ1) is 9.21. The van der Waals surface area contributed by atoms with Gasteiger partial charge in [-0.1, -0.05) is 52.1 Å². The van der Waals surface area contributed by atoms with Gasteiger partial charge in [-0.3, -0.25) is 0 Å². The third-order valence-corrected chi connectivity index (χ3v) is 6.17. The Labute approximate surface area is 82.1 Å². The van der Waals surface area contributed by atoms with E-state index in [0.29, 0.717) is 0 Å². The summed E-state index contributed by atoms with van der Waals surface area (Å²) in [4.78, 5) is 0. The lowest BCUT2D eigenvalue weighted by molar-refractivity contribution is 0.494. The molecule has 1 aliphatic rings. The molecule has 0 amide bonds. The van der Waals surface area contributed by atoms with E-state index in [4.69, 9.17) is 0 Å². The highest BCUT2D eigenvalue weighted by Crippen LogP contribution is 2.47. The van der Waals surface area contributed by atoms with Crippen LogP contribution in [0.5, 0.6) is 0 Å². The van der Waals surface area contributed by atoms with Gasteiger partial charge in [0.1, 0.15) is 0 Å². The van der Waals surface area contributed by atoms with Gasteiger partial charge >= 0.3 is 0 Å². The van der Waals surface area contributed by atoms with Crippen molar-refractivity contribution in [2.24, 2.45) is 11.8 Å². The zero-order chi connectivity index (χ0) is 9.26. The Hall–Kier alpha value is -0.350. The third kappa shape index (κ3) is 1.94. The average molecular weight is 192 g/mol. The Bertz CT molecular complexity index is 258. The van der Waals surface area contributed by atoms with E-state index in [1.807, 2.05) is 0 Å². The van der Waals surface area contributed by atoms with Crippen molar-refractivity contribution in [3.8, 4) is 0 Å². The van der Waals surface area contributed by atoms with Crippen LogP contribution in [-0.4, -0.2) is 12.3 Å². The minimum absolute atomic E-state index is 0.181. The van der Waals surface area contributed by atoms with Gasteiger partial charge < -0.3 is 0 Å². The van der Waals surface area contributed by atoms with Crippen LogP contribution in [0.3, 0.4) is 0 Å². The molecule has 0 radical (unpaired) electrons. The predicted octanol–water partition coefficient (Wildman–Crippen LogP) is 3.08. The summed E-state index contributed by atoms with van der Waals surface area (Å²) in [5, 5.41) is 1.61. The Morgan fingerprint density at radius 3 is 2.08 bits per heavy atom. The number of hydrogen-bond acceptors (Lipinski definition) is 0. The second-order valence-electron chi connectivity index (χ2n) is 4.20. The second kappa shape index (κ2) is 3.80. The molecule has 2 atom stereocenters. The van der Waals surface area contributed by atoms with E-state index in [0.717, 1.165) is 11.8 Å². The molecule has 70 valence electrons. The van der Waals surface area contributed by atoms with Gasteiger partial charge in [0.15, 0.2) is 0 Å². The molecular weight excluding hydrogens is 175 g/mol. The van der Waals surface area contributed by atoms with Crippen LogP contribution < -0.4 is 5.30 Å². The molecule has 2 rings (SSSR count). The summed E-state index contributed by atoms with van der Waals surface area (Å²) < 4.78 is 0. The summed E-state index contributed by atoms with van der Waals surface area (Å²) in [5.41, 5.74) is 0. The van der Waals surface area contributed by atoms with Crippen LogP contribution in [-0.2, 0) is 0 Å².